The molecule has 1 heterocycles. The van der Waals surface area contributed by atoms with Gasteiger partial charge in [0.15, 0.2) is 0 Å². The van der Waals surface area contributed by atoms with Crippen molar-refractivity contribution in [2.45, 2.75) is 34.2 Å². The molecule has 0 N–H and O–H groups in total. The average Bonchev–Trinajstić information content (AvgIpc) is 2.45. The minimum Gasteiger partial charge on any atom is -0.300 e. The zero-order valence-corrected chi connectivity index (χ0v) is 13.6. The first-order chi connectivity index (χ1) is 10.5. The molecule has 4 nitrogen and oxygen atoms in total. The smallest absolute Gasteiger partial charge is 0.258 e. The number of nitrogens with zero attached hydrogens (tertiary/aromatic N) is 3. The predicted octanol–water partition coefficient (Wildman–Crippen LogP) is 2.83. The maximum Gasteiger partial charge on any atom is 0.258 e. The number of hydrogen-bond acceptors (Lipinski definition) is 3. The molecule has 0 atom stereocenters. The SMILES string of the molecule is CCN(CC)Cc1ccc(-n2c(C)nc(C)cc2=O)cc1F. The molecule has 0 radical (unpaired) electrons. The summed E-state index contributed by atoms with van der Waals surface area (Å²) in [6.07, 6.45) is 0. The van der Waals surface area contributed by atoms with Crippen molar-refractivity contribution in [1.29, 1.82) is 0 Å². The van der Waals surface area contributed by atoms with E-state index in [1.807, 2.05) is 0 Å². The first-order valence-electron chi connectivity index (χ1n) is 7.54. The van der Waals surface area contributed by atoms with E-state index in [1.165, 1.54) is 16.7 Å². The van der Waals surface area contributed by atoms with Gasteiger partial charge in [-0.2, -0.15) is 0 Å². The number of aromatic nitrogens is 2. The Morgan fingerprint density at radius 1 is 1.18 bits per heavy atom. The van der Waals surface area contributed by atoms with Crippen LogP contribution in [0.25, 0.3) is 5.69 Å². The second-order valence-corrected chi connectivity index (χ2v) is 5.36. The first-order valence-corrected chi connectivity index (χ1v) is 7.54. The minimum atomic E-state index is -0.295. The summed E-state index contributed by atoms with van der Waals surface area (Å²) < 4.78 is 15.8. The van der Waals surface area contributed by atoms with E-state index in [-0.39, 0.29) is 11.4 Å². The molecule has 0 aliphatic heterocycles. The molecule has 0 saturated carbocycles. The summed E-state index contributed by atoms with van der Waals surface area (Å²) in [5.74, 6) is 0.261. The third-order valence-electron chi connectivity index (χ3n) is 3.80. The van der Waals surface area contributed by atoms with Crippen molar-refractivity contribution in [2.75, 3.05) is 13.1 Å². The summed E-state index contributed by atoms with van der Waals surface area (Å²) in [5, 5.41) is 0. The van der Waals surface area contributed by atoms with Crippen LogP contribution in [0.15, 0.2) is 29.1 Å². The number of benzene rings is 1. The van der Waals surface area contributed by atoms with Gasteiger partial charge in [-0.1, -0.05) is 19.9 Å². The summed E-state index contributed by atoms with van der Waals surface area (Å²) in [6.45, 7) is 9.94. The van der Waals surface area contributed by atoms with Gasteiger partial charge in [-0.05, 0) is 39.1 Å². The molecule has 0 aliphatic rings. The molecule has 0 amide bonds. The van der Waals surface area contributed by atoms with E-state index in [0.717, 1.165) is 13.1 Å². The molecule has 2 rings (SSSR count). The second-order valence-electron chi connectivity index (χ2n) is 5.36. The molecule has 0 aliphatic carbocycles. The van der Waals surface area contributed by atoms with E-state index in [9.17, 15) is 9.18 Å². The lowest BCUT2D eigenvalue weighted by molar-refractivity contribution is 0.291. The molecule has 118 valence electrons. The Bertz CT molecular complexity index is 720. The molecular formula is C17H22FN3O. The zero-order chi connectivity index (χ0) is 16.3. The maximum atomic E-state index is 14.3. The molecular weight excluding hydrogens is 281 g/mol. The Hall–Kier alpha value is -2.01. The summed E-state index contributed by atoms with van der Waals surface area (Å²) >= 11 is 0. The van der Waals surface area contributed by atoms with E-state index in [2.05, 4.69) is 23.7 Å². The van der Waals surface area contributed by atoms with Gasteiger partial charge < -0.3 is 0 Å². The van der Waals surface area contributed by atoms with Crippen molar-refractivity contribution in [2.24, 2.45) is 0 Å². The van der Waals surface area contributed by atoms with Gasteiger partial charge in [0.1, 0.15) is 11.6 Å². The highest BCUT2D eigenvalue weighted by Gasteiger charge is 2.11. The van der Waals surface area contributed by atoms with Gasteiger partial charge in [0.25, 0.3) is 5.56 Å². The molecule has 0 spiro atoms. The molecule has 5 heteroatoms. The van der Waals surface area contributed by atoms with E-state index in [0.29, 0.717) is 29.3 Å². The Morgan fingerprint density at radius 3 is 2.41 bits per heavy atom. The van der Waals surface area contributed by atoms with Gasteiger partial charge in [-0.25, -0.2) is 9.37 Å². The van der Waals surface area contributed by atoms with Crippen molar-refractivity contribution in [3.63, 3.8) is 0 Å². The highest BCUT2D eigenvalue weighted by Crippen LogP contribution is 2.16. The van der Waals surface area contributed by atoms with Crippen molar-refractivity contribution in [3.05, 3.63) is 57.5 Å². The average molecular weight is 303 g/mol. The molecule has 0 fully saturated rings. The molecule has 22 heavy (non-hydrogen) atoms. The summed E-state index contributed by atoms with van der Waals surface area (Å²) in [5.41, 5.74) is 1.62. The predicted molar refractivity (Wildman–Crippen MR) is 85.9 cm³/mol. The van der Waals surface area contributed by atoms with Crippen LogP contribution >= 0.6 is 0 Å². The molecule has 1 aromatic heterocycles. The van der Waals surface area contributed by atoms with Crippen LogP contribution in [0.2, 0.25) is 0 Å². The largest absolute Gasteiger partial charge is 0.300 e. The summed E-state index contributed by atoms with van der Waals surface area (Å²) in [6, 6.07) is 6.38. The normalized spacial score (nSPS) is 11.2. The van der Waals surface area contributed by atoms with Crippen LogP contribution in [-0.4, -0.2) is 27.5 Å². The molecule has 2 aromatic rings. The lowest BCUT2D eigenvalue weighted by Crippen LogP contribution is -2.24. The van der Waals surface area contributed by atoms with E-state index < -0.39 is 0 Å². The Labute approximate surface area is 130 Å². The Kier molecular flexibility index (Phi) is 5.08. The van der Waals surface area contributed by atoms with Crippen LogP contribution in [0.1, 0.15) is 30.9 Å². The van der Waals surface area contributed by atoms with Gasteiger partial charge in [0, 0.05) is 23.9 Å². The maximum absolute atomic E-state index is 14.3. The third kappa shape index (κ3) is 3.42. The third-order valence-corrected chi connectivity index (χ3v) is 3.80. The Balaban J connectivity index is 2.40. The van der Waals surface area contributed by atoms with E-state index in [4.69, 9.17) is 0 Å². The van der Waals surface area contributed by atoms with Crippen LogP contribution in [0, 0.1) is 19.7 Å². The molecule has 0 saturated heterocycles. The second kappa shape index (κ2) is 6.83. The van der Waals surface area contributed by atoms with Crippen molar-refractivity contribution >= 4 is 0 Å². The van der Waals surface area contributed by atoms with Crippen LogP contribution in [0.4, 0.5) is 4.39 Å². The van der Waals surface area contributed by atoms with Crippen LogP contribution in [0.5, 0.6) is 0 Å². The minimum absolute atomic E-state index is 0.194. The lowest BCUT2D eigenvalue weighted by atomic mass is 10.1. The fraction of sp³-hybridized carbons (Fsp3) is 0.412. The first kappa shape index (κ1) is 16.4. The van der Waals surface area contributed by atoms with Gasteiger partial charge in [0.2, 0.25) is 0 Å². The van der Waals surface area contributed by atoms with Gasteiger partial charge >= 0.3 is 0 Å². The quantitative estimate of drug-likeness (QED) is 0.852. The highest BCUT2D eigenvalue weighted by molar-refractivity contribution is 5.37. The fourth-order valence-electron chi connectivity index (χ4n) is 2.55. The number of hydrogen-bond donors (Lipinski definition) is 0. The summed E-state index contributed by atoms with van der Waals surface area (Å²) in [7, 11) is 0. The number of aryl methyl sites for hydroxylation is 2. The fourth-order valence-corrected chi connectivity index (χ4v) is 2.55. The van der Waals surface area contributed by atoms with Gasteiger partial charge in [-0.15, -0.1) is 0 Å². The summed E-state index contributed by atoms with van der Waals surface area (Å²) in [4.78, 5) is 18.5. The highest BCUT2D eigenvalue weighted by atomic mass is 19.1. The van der Waals surface area contributed by atoms with Gasteiger partial charge in [0.05, 0.1) is 5.69 Å². The molecule has 0 bridgehead atoms. The lowest BCUT2D eigenvalue weighted by Gasteiger charge is -2.19. The monoisotopic (exact) mass is 303 g/mol. The number of halogens is 1. The van der Waals surface area contributed by atoms with Crippen LogP contribution < -0.4 is 5.56 Å². The van der Waals surface area contributed by atoms with E-state index >= 15 is 0 Å². The van der Waals surface area contributed by atoms with Crippen molar-refractivity contribution in [1.82, 2.24) is 14.5 Å². The number of rotatable bonds is 5. The van der Waals surface area contributed by atoms with E-state index in [1.54, 1.807) is 26.0 Å². The van der Waals surface area contributed by atoms with Crippen LogP contribution in [0.3, 0.4) is 0 Å². The van der Waals surface area contributed by atoms with Crippen LogP contribution in [-0.2, 0) is 6.54 Å². The Morgan fingerprint density at radius 2 is 1.86 bits per heavy atom. The molecule has 1 aromatic carbocycles. The van der Waals surface area contributed by atoms with Crippen molar-refractivity contribution in [3.8, 4) is 5.69 Å². The van der Waals surface area contributed by atoms with Gasteiger partial charge in [-0.3, -0.25) is 14.3 Å². The van der Waals surface area contributed by atoms with Crippen molar-refractivity contribution < 1.29 is 4.39 Å². The zero-order valence-electron chi connectivity index (χ0n) is 13.6. The molecule has 0 unspecified atom stereocenters. The standard InChI is InChI=1S/C17H22FN3O/c1-5-20(6-2)11-14-7-8-15(10-16(14)18)21-13(4)19-12(3)9-17(21)22/h7-10H,5-6,11H2,1-4H3. The topological polar surface area (TPSA) is 38.1 Å².